The lowest BCUT2D eigenvalue weighted by Crippen LogP contribution is -2.39. The molecular weight excluding hydrogens is 178 g/mol. The Bertz CT molecular complexity index is 293. The summed E-state index contributed by atoms with van der Waals surface area (Å²) in [7, 11) is 1.93. The third-order valence-electron chi connectivity index (χ3n) is 2.40. The van der Waals surface area contributed by atoms with Gasteiger partial charge >= 0.3 is 0 Å². The average Bonchev–Trinajstić information content (AvgIpc) is 2.50. The number of imidazole rings is 1. The molecule has 0 aliphatic carbocycles. The van der Waals surface area contributed by atoms with E-state index in [0.29, 0.717) is 6.61 Å². The Morgan fingerprint density at radius 1 is 1.64 bits per heavy atom. The molecule has 4 heteroatoms. The Morgan fingerprint density at radius 3 is 2.71 bits per heavy atom. The van der Waals surface area contributed by atoms with E-state index in [0.717, 1.165) is 5.82 Å². The molecule has 0 saturated heterocycles. The first-order valence-electron chi connectivity index (χ1n) is 4.85. The normalized spacial score (nSPS) is 14.4. The van der Waals surface area contributed by atoms with Gasteiger partial charge in [0, 0.05) is 26.0 Å². The van der Waals surface area contributed by atoms with Gasteiger partial charge in [0.1, 0.15) is 5.82 Å². The van der Waals surface area contributed by atoms with E-state index in [2.05, 4.69) is 4.98 Å². The van der Waals surface area contributed by atoms with Gasteiger partial charge in [0.25, 0.3) is 0 Å². The molecule has 1 heterocycles. The lowest BCUT2D eigenvalue weighted by atomic mass is 9.99. The molecule has 0 radical (unpaired) electrons. The summed E-state index contributed by atoms with van der Waals surface area (Å²) in [5.74, 6) is 0.850. The first kappa shape index (κ1) is 11.2. The van der Waals surface area contributed by atoms with Crippen LogP contribution in [-0.4, -0.2) is 21.8 Å². The number of aromatic nitrogens is 2. The smallest absolute Gasteiger partial charge is 0.128 e. The molecule has 14 heavy (non-hydrogen) atoms. The van der Waals surface area contributed by atoms with Gasteiger partial charge in [0.05, 0.1) is 11.6 Å². The molecule has 0 aromatic carbocycles. The zero-order valence-corrected chi connectivity index (χ0v) is 9.32. The van der Waals surface area contributed by atoms with E-state index >= 15 is 0 Å². The molecule has 1 aromatic rings. The van der Waals surface area contributed by atoms with E-state index in [-0.39, 0.29) is 11.6 Å². The molecule has 80 valence electrons. The van der Waals surface area contributed by atoms with Crippen LogP contribution in [0.15, 0.2) is 12.4 Å². The topological polar surface area (TPSA) is 53.1 Å². The molecule has 1 unspecified atom stereocenters. The quantitative estimate of drug-likeness (QED) is 0.790. The summed E-state index contributed by atoms with van der Waals surface area (Å²) in [5, 5.41) is 0. The molecule has 1 rings (SSSR count). The zero-order chi connectivity index (χ0) is 10.8. The lowest BCUT2D eigenvalue weighted by Gasteiger charge is -2.30. The largest absolute Gasteiger partial charge is 0.374 e. The van der Waals surface area contributed by atoms with Crippen LogP contribution < -0.4 is 5.73 Å². The van der Waals surface area contributed by atoms with Crippen molar-refractivity contribution in [3.05, 3.63) is 18.2 Å². The first-order chi connectivity index (χ1) is 6.49. The highest BCUT2D eigenvalue weighted by Gasteiger charge is 2.30. The van der Waals surface area contributed by atoms with Gasteiger partial charge in [-0.15, -0.1) is 0 Å². The molecule has 4 nitrogen and oxygen atoms in total. The maximum atomic E-state index is 6.10. The van der Waals surface area contributed by atoms with Crippen molar-refractivity contribution in [1.82, 2.24) is 9.55 Å². The van der Waals surface area contributed by atoms with Crippen LogP contribution in [-0.2, 0) is 11.8 Å². The predicted octanol–water partition coefficient (Wildman–Crippen LogP) is 1.24. The van der Waals surface area contributed by atoms with Gasteiger partial charge in [-0.1, -0.05) is 0 Å². The van der Waals surface area contributed by atoms with E-state index in [1.807, 2.05) is 38.6 Å². The Morgan fingerprint density at radius 2 is 2.29 bits per heavy atom. The summed E-state index contributed by atoms with van der Waals surface area (Å²) in [6, 6.07) is -0.206. The molecule has 0 spiro atoms. The number of ether oxygens (including phenoxy) is 1. The first-order valence-corrected chi connectivity index (χ1v) is 4.85. The Labute approximate surface area is 85.1 Å². The second kappa shape index (κ2) is 4.11. The van der Waals surface area contributed by atoms with Crippen molar-refractivity contribution < 1.29 is 4.74 Å². The fourth-order valence-electron chi connectivity index (χ4n) is 1.45. The Balaban J connectivity index is 2.84. The van der Waals surface area contributed by atoms with Gasteiger partial charge in [-0.05, 0) is 20.8 Å². The van der Waals surface area contributed by atoms with Crippen LogP contribution in [0.4, 0.5) is 0 Å². The van der Waals surface area contributed by atoms with Gasteiger partial charge in [-0.2, -0.15) is 0 Å². The van der Waals surface area contributed by atoms with E-state index in [1.54, 1.807) is 6.20 Å². The number of nitrogens with zero attached hydrogens (tertiary/aromatic N) is 2. The fraction of sp³-hybridized carbons (Fsp3) is 0.700. The van der Waals surface area contributed by atoms with Crippen LogP contribution in [0.25, 0.3) is 0 Å². The minimum Gasteiger partial charge on any atom is -0.374 e. The van der Waals surface area contributed by atoms with E-state index in [4.69, 9.17) is 10.5 Å². The van der Waals surface area contributed by atoms with Crippen molar-refractivity contribution >= 4 is 0 Å². The van der Waals surface area contributed by atoms with Gasteiger partial charge in [-0.3, -0.25) is 0 Å². The van der Waals surface area contributed by atoms with Crippen LogP contribution >= 0.6 is 0 Å². The SMILES string of the molecule is CCOC(C)(C)C(N)c1nccn1C. The second-order valence-corrected chi connectivity index (χ2v) is 3.91. The van der Waals surface area contributed by atoms with Crippen molar-refractivity contribution in [2.45, 2.75) is 32.4 Å². The maximum Gasteiger partial charge on any atom is 0.128 e. The maximum absolute atomic E-state index is 6.10. The van der Waals surface area contributed by atoms with Crippen molar-refractivity contribution in [3.8, 4) is 0 Å². The number of nitrogens with two attached hydrogens (primary N) is 1. The predicted molar refractivity (Wildman–Crippen MR) is 55.8 cm³/mol. The highest BCUT2D eigenvalue weighted by Crippen LogP contribution is 2.24. The van der Waals surface area contributed by atoms with E-state index in [9.17, 15) is 0 Å². The number of rotatable bonds is 4. The molecule has 0 saturated carbocycles. The van der Waals surface area contributed by atoms with Crippen LogP contribution in [0.5, 0.6) is 0 Å². The molecule has 0 amide bonds. The lowest BCUT2D eigenvalue weighted by molar-refractivity contribution is -0.0321. The van der Waals surface area contributed by atoms with Gasteiger partial charge in [0.15, 0.2) is 0 Å². The van der Waals surface area contributed by atoms with Crippen LogP contribution in [0.3, 0.4) is 0 Å². The molecule has 1 atom stereocenters. The van der Waals surface area contributed by atoms with E-state index in [1.165, 1.54) is 0 Å². The van der Waals surface area contributed by atoms with Crippen molar-refractivity contribution in [2.75, 3.05) is 6.61 Å². The fourth-order valence-corrected chi connectivity index (χ4v) is 1.45. The summed E-state index contributed by atoms with van der Waals surface area (Å²) < 4.78 is 7.51. The highest BCUT2D eigenvalue weighted by atomic mass is 16.5. The number of hydrogen-bond acceptors (Lipinski definition) is 3. The number of aryl methyl sites for hydroxylation is 1. The van der Waals surface area contributed by atoms with Crippen molar-refractivity contribution in [3.63, 3.8) is 0 Å². The Hall–Kier alpha value is -0.870. The second-order valence-electron chi connectivity index (χ2n) is 3.91. The monoisotopic (exact) mass is 197 g/mol. The average molecular weight is 197 g/mol. The number of hydrogen-bond donors (Lipinski definition) is 1. The molecule has 0 aliphatic heterocycles. The standard InChI is InChI=1S/C10H19N3O/c1-5-14-10(2,3)8(11)9-12-6-7-13(9)4/h6-8H,5,11H2,1-4H3. The summed E-state index contributed by atoms with van der Waals surface area (Å²) in [6.45, 7) is 6.59. The van der Waals surface area contributed by atoms with Crippen LogP contribution in [0, 0.1) is 0 Å². The van der Waals surface area contributed by atoms with Crippen molar-refractivity contribution in [2.24, 2.45) is 12.8 Å². The van der Waals surface area contributed by atoms with Crippen molar-refractivity contribution in [1.29, 1.82) is 0 Å². The molecule has 0 aliphatic rings. The van der Waals surface area contributed by atoms with Crippen LogP contribution in [0.2, 0.25) is 0 Å². The highest BCUT2D eigenvalue weighted by molar-refractivity contribution is 5.03. The van der Waals surface area contributed by atoms with Gasteiger partial charge in [-0.25, -0.2) is 4.98 Å². The van der Waals surface area contributed by atoms with Gasteiger partial charge < -0.3 is 15.0 Å². The van der Waals surface area contributed by atoms with Crippen LogP contribution in [0.1, 0.15) is 32.6 Å². The molecule has 2 N–H and O–H groups in total. The molecule has 0 bridgehead atoms. The molecular formula is C10H19N3O. The van der Waals surface area contributed by atoms with Gasteiger partial charge in [0.2, 0.25) is 0 Å². The minimum absolute atomic E-state index is 0.206. The minimum atomic E-state index is -0.381. The third-order valence-corrected chi connectivity index (χ3v) is 2.40. The summed E-state index contributed by atoms with van der Waals surface area (Å²) >= 11 is 0. The Kier molecular flexibility index (Phi) is 3.29. The summed E-state index contributed by atoms with van der Waals surface area (Å²) in [4.78, 5) is 4.22. The molecule has 0 fully saturated rings. The van der Waals surface area contributed by atoms with E-state index < -0.39 is 0 Å². The third kappa shape index (κ3) is 2.13. The summed E-state index contributed by atoms with van der Waals surface area (Å²) in [5.41, 5.74) is 5.71. The zero-order valence-electron chi connectivity index (χ0n) is 9.32. The molecule has 1 aromatic heterocycles. The summed E-state index contributed by atoms with van der Waals surface area (Å²) in [6.07, 6.45) is 3.63.